The third-order valence-electron chi connectivity index (χ3n) is 1.60. The molecule has 1 heterocycles. The molecule has 2 N–H and O–H groups in total. The Balaban J connectivity index is 2.70. The summed E-state index contributed by atoms with van der Waals surface area (Å²) in [7, 11) is -11.0. The van der Waals surface area contributed by atoms with E-state index in [0.29, 0.717) is 5.82 Å². The Kier molecular flexibility index (Phi) is 4.57. The average Bonchev–Trinajstić information content (AvgIpc) is 2.12. The highest BCUT2D eigenvalue weighted by atomic mass is 31.3. The highest BCUT2D eigenvalue weighted by Crippen LogP contribution is 2.50. The summed E-state index contributed by atoms with van der Waals surface area (Å²) in [6.07, 6.45) is 1.20. The highest BCUT2D eigenvalue weighted by molar-refractivity contribution is 7.58. The Bertz CT molecular complexity index is 530. The summed E-state index contributed by atoms with van der Waals surface area (Å²) >= 11 is 0. The second-order valence-corrected chi connectivity index (χ2v) is 5.78. The van der Waals surface area contributed by atoms with Gasteiger partial charge in [-0.3, -0.25) is 8.88 Å². The Hall–Kier alpha value is -0.860. The molecule has 0 bridgehead atoms. The van der Waals surface area contributed by atoms with Crippen LogP contribution in [0.4, 0.5) is 5.82 Å². The quantitative estimate of drug-likeness (QED) is 0.610. The summed E-state index contributed by atoms with van der Waals surface area (Å²) < 4.78 is 28.5. The minimum atomic E-state index is -5.69. The molecule has 1 aromatic rings. The van der Waals surface area contributed by atoms with Gasteiger partial charge in [-0.05, 0) is 6.92 Å². The van der Waals surface area contributed by atoms with Gasteiger partial charge in [0.25, 0.3) is 7.82 Å². The van der Waals surface area contributed by atoms with E-state index in [2.05, 4.69) is 18.8 Å². The largest absolute Gasteiger partial charge is 0.790 e. The van der Waals surface area contributed by atoms with E-state index in [9.17, 15) is 23.8 Å². The number of phosphoric acid groups is 2. The van der Waals surface area contributed by atoms with Gasteiger partial charge in [-0.2, -0.15) is 0 Å². The molecule has 1 unspecified atom stereocenters. The monoisotopic (exact) mass is 296 g/mol. The highest BCUT2D eigenvalue weighted by Gasteiger charge is 2.13. The lowest BCUT2D eigenvalue weighted by Gasteiger charge is -2.35. The Morgan fingerprint density at radius 1 is 1.39 bits per heavy atom. The summed E-state index contributed by atoms with van der Waals surface area (Å²) in [5.74, 6) is 0.330. The zero-order chi connectivity index (χ0) is 14.0. The van der Waals surface area contributed by atoms with Gasteiger partial charge in [-0.25, -0.2) is 9.97 Å². The van der Waals surface area contributed by atoms with Crippen LogP contribution in [0.3, 0.4) is 0 Å². The van der Waals surface area contributed by atoms with E-state index in [4.69, 9.17) is 5.73 Å². The number of aromatic nitrogens is 2. The van der Waals surface area contributed by atoms with Crippen LogP contribution < -0.4 is 20.4 Å². The van der Waals surface area contributed by atoms with Crippen molar-refractivity contribution in [3.8, 4) is 0 Å². The molecule has 18 heavy (non-hydrogen) atoms. The van der Waals surface area contributed by atoms with Crippen LogP contribution in [0.5, 0.6) is 0 Å². The number of aryl methyl sites for hydroxylation is 1. The first kappa shape index (κ1) is 15.2. The van der Waals surface area contributed by atoms with Gasteiger partial charge < -0.3 is 29.5 Å². The summed E-state index contributed by atoms with van der Waals surface area (Å²) in [5, 5.41) is 0. The predicted octanol–water partition coefficient (Wildman–Crippen LogP) is -1.80. The van der Waals surface area contributed by atoms with E-state index in [-0.39, 0.29) is 11.4 Å². The Labute approximate surface area is 102 Å². The first-order valence-electron chi connectivity index (χ1n) is 4.36. The predicted molar refractivity (Wildman–Crippen MR) is 52.3 cm³/mol. The van der Waals surface area contributed by atoms with Crippen molar-refractivity contribution in [1.82, 2.24) is 9.97 Å². The van der Waals surface area contributed by atoms with Gasteiger partial charge in [0.2, 0.25) is 0 Å². The molecule has 1 aromatic heterocycles. The van der Waals surface area contributed by atoms with E-state index in [0.717, 1.165) is 0 Å². The summed E-state index contributed by atoms with van der Waals surface area (Å²) in [4.78, 5) is 38.6. The smallest absolute Gasteiger partial charge is 0.272 e. The van der Waals surface area contributed by atoms with Crippen LogP contribution in [0.25, 0.3) is 0 Å². The zero-order valence-electron chi connectivity index (χ0n) is 9.01. The van der Waals surface area contributed by atoms with Crippen LogP contribution in [0.1, 0.15) is 11.4 Å². The van der Waals surface area contributed by atoms with E-state index in [1.165, 1.54) is 6.20 Å². The van der Waals surface area contributed by atoms with Crippen LogP contribution in [0, 0.1) is 6.92 Å². The molecule has 0 spiro atoms. The number of anilines is 1. The molecule has 0 fully saturated rings. The summed E-state index contributed by atoms with van der Waals surface area (Å²) in [5.41, 5.74) is 5.54. The molecule has 0 saturated heterocycles. The van der Waals surface area contributed by atoms with Crippen molar-refractivity contribution in [3.05, 3.63) is 17.6 Å². The van der Waals surface area contributed by atoms with Crippen LogP contribution in [-0.2, 0) is 24.6 Å². The van der Waals surface area contributed by atoms with Crippen molar-refractivity contribution in [1.29, 1.82) is 0 Å². The standard InChI is InChI=1S/C6H11N3O7P2/c1-4-8-2-5(6(7)9-4)3-15-18(13,14)16-17(10,11)12/h2H,3H2,1H3,(H,13,14)(H2,7,8,9)(H2,10,11,12)/p-3. The summed E-state index contributed by atoms with van der Waals surface area (Å²) in [6.45, 7) is 0.917. The lowest BCUT2D eigenvalue weighted by molar-refractivity contribution is -0.339. The topological polar surface area (TPSA) is 174 Å². The molecule has 0 saturated carbocycles. The van der Waals surface area contributed by atoms with E-state index in [1.54, 1.807) is 6.92 Å². The SMILES string of the molecule is Cc1ncc(COP(=O)([O-])OP(=O)([O-])[O-])c(N)n1. The fourth-order valence-electron chi connectivity index (χ4n) is 0.918. The fraction of sp³-hybridized carbons (Fsp3) is 0.333. The first-order valence-corrected chi connectivity index (χ1v) is 7.28. The number of nitrogens with two attached hydrogens (primary N) is 1. The third kappa shape index (κ3) is 5.19. The Morgan fingerprint density at radius 2 is 2.00 bits per heavy atom. The van der Waals surface area contributed by atoms with E-state index < -0.39 is 22.3 Å². The molecular weight excluding hydrogens is 288 g/mol. The number of phosphoric ester groups is 1. The van der Waals surface area contributed by atoms with Gasteiger partial charge in [-0.1, -0.05) is 0 Å². The van der Waals surface area contributed by atoms with E-state index >= 15 is 0 Å². The second kappa shape index (κ2) is 5.41. The van der Waals surface area contributed by atoms with Crippen molar-refractivity contribution in [3.63, 3.8) is 0 Å². The van der Waals surface area contributed by atoms with Crippen molar-refractivity contribution in [2.45, 2.75) is 13.5 Å². The van der Waals surface area contributed by atoms with Gasteiger partial charge in [0.05, 0.1) is 14.4 Å². The molecule has 10 nitrogen and oxygen atoms in total. The normalized spacial score (nSPS) is 15.3. The van der Waals surface area contributed by atoms with Gasteiger partial charge >= 0.3 is 0 Å². The second-order valence-electron chi connectivity index (χ2n) is 3.08. The first-order chi connectivity index (χ1) is 8.09. The molecule has 0 aliphatic heterocycles. The number of hydrogen-bond donors (Lipinski definition) is 1. The van der Waals surface area contributed by atoms with Gasteiger partial charge in [0, 0.05) is 11.8 Å². The van der Waals surface area contributed by atoms with Crippen LogP contribution in [-0.4, -0.2) is 9.97 Å². The number of hydrogen-bond acceptors (Lipinski definition) is 10. The van der Waals surface area contributed by atoms with Crippen molar-refractivity contribution >= 4 is 21.5 Å². The minimum Gasteiger partial charge on any atom is -0.790 e. The maximum absolute atomic E-state index is 10.9. The fourth-order valence-corrected chi connectivity index (χ4v) is 2.38. The van der Waals surface area contributed by atoms with Crippen LogP contribution in [0.2, 0.25) is 0 Å². The third-order valence-corrected chi connectivity index (χ3v) is 3.64. The van der Waals surface area contributed by atoms with Crippen molar-refractivity contribution in [2.75, 3.05) is 5.73 Å². The molecular formula is C6H8N3O7P2-3. The molecule has 0 amide bonds. The van der Waals surface area contributed by atoms with Crippen LogP contribution >= 0.6 is 15.6 Å². The van der Waals surface area contributed by atoms with Gasteiger partial charge in [0.15, 0.2) is 0 Å². The van der Waals surface area contributed by atoms with Crippen molar-refractivity contribution in [2.24, 2.45) is 0 Å². The lowest BCUT2D eigenvalue weighted by atomic mass is 10.3. The van der Waals surface area contributed by atoms with Crippen molar-refractivity contribution < 1.29 is 32.6 Å². The molecule has 0 radical (unpaired) electrons. The van der Waals surface area contributed by atoms with Crippen LogP contribution in [0.15, 0.2) is 6.20 Å². The van der Waals surface area contributed by atoms with Gasteiger partial charge in [0.1, 0.15) is 11.6 Å². The lowest BCUT2D eigenvalue weighted by Crippen LogP contribution is -2.19. The minimum absolute atomic E-state index is 0.0325. The molecule has 0 aliphatic carbocycles. The number of nitrogen functional groups attached to an aromatic ring is 1. The number of nitrogens with zero attached hydrogens (tertiary/aromatic N) is 2. The zero-order valence-corrected chi connectivity index (χ0v) is 10.8. The molecule has 102 valence electrons. The van der Waals surface area contributed by atoms with Gasteiger partial charge in [-0.15, -0.1) is 0 Å². The maximum Gasteiger partial charge on any atom is 0.272 e. The number of rotatable bonds is 5. The van der Waals surface area contributed by atoms with E-state index in [1.807, 2.05) is 0 Å². The molecule has 1 rings (SSSR count). The molecule has 1 atom stereocenters. The molecule has 12 heteroatoms. The average molecular weight is 296 g/mol. The summed E-state index contributed by atoms with van der Waals surface area (Å²) in [6, 6.07) is 0. The Morgan fingerprint density at radius 3 is 2.50 bits per heavy atom. The maximum atomic E-state index is 10.9. The molecule has 0 aliphatic rings. The molecule has 0 aromatic carbocycles.